The number of ether oxygens (including phenoxy) is 1. The molecule has 0 saturated heterocycles. The van der Waals surface area contributed by atoms with Crippen molar-refractivity contribution < 1.29 is 14.6 Å². The van der Waals surface area contributed by atoms with Crippen LogP contribution in [0.5, 0.6) is 11.5 Å². The van der Waals surface area contributed by atoms with Crippen LogP contribution in [-0.2, 0) is 6.42 Å². The minimum atomic E-state index is -0.386. The summed E-state index contributed by atoms with van der Waals surface area (Å²) in [4.78, 5) is 13.4. The van der Waals surface area contributed by atoms with Gasteiger partial charge in [0, 0.05) is 17.1 Å². The van der Waals surface area contributed by atoms with E-state index in [0.29, 0.717) is 34.0 Å². The van der Waals surface area contributed by atoms with E-state index in [0.717, 1.165) is 16.7 Å². The average molecular weight is 458 g/mol. The molecular formula is C28H24ClNO3. The number of carbonyl (C=O) groups excluding carboxylic acids is 1. The fraction of sp³-hybridized carbons (Fsp3) is 0.107. The number of amides is 1. The van der Waals surface area contributed by atoms with Crippen molar-refractivity contribution in [2.75, 3.05) is 12.4 Å². The molecule has 0 saturated carbocycles. The summed E-state index contributed by atoms with van der Waals surface area (Å²) in [5.74, 6) is 0.264. The lowest BCUT2D eigenvalue weighted by Crippen LogP contribution is -2.14. The maximum Gasteiger partial charge on any atom is 0.260 e. The maximum atomic E-state index is 13.4. The Morgan fingerprint density at radius 1 is 0.909 bits per heavy atom. The molecule has 0 radical (unpaired) electrons. The molecule has 4 rings (SSSR count). The molecule has 0 atom stereocenters. The van der Waals surface area contributed by atoms with Crippen LogP contribution in [0.2, 0.25) is 5.02 Å². The molecule has 4 aromatic rings. The van der Waals surface area contributed by atoms with Crippen LogP contribution in [0.4, 0.5) is 5.69 Å². The third-order valence-electron chi connectivity index (χ3n) is 5.54. The van der Waals surface area contributed by atoms with E-state index in [-0.39, 0.29) is 17.2 Å². The third-order valence-corrected chi connectivity index (χ3v) is 5.91. The van der Waals surface area contributed by atoms with Crippen molar-refractivity contribution >= 4 is 23.2 Å². The minimum absolute atomic E-state index is 0.0622. The van der Waals surface area contributed by atoms with Crippen LogP contribution in [0, 0.1) is 6.92 Å². The molecule has 1 amide bonds. The van der Waals surface area contributed by atoms with Gasteiger partial charge in [0.25, 0.3) is 5.91 Å². The lowest BCUT2D eigenvalue weighted by molar-refractivity contribution is 0.102. The summed E-state index contributed by atoms with van der Waals surface area (Å²) in [5.41, 5.74) is 4.88. The summed E-state index contributed by atoms with van der Waals surface area (Å²) in [7, 11) is 1.60. The Balaban J connectivity index is 1.78. The zero-order chi connectivity index (χ0) is 23.4. The van der Waals surface area contributed by atoms with Crippen LogP contribution in [0.15, 0.2) is 84.9 Å². The molecule has 5 heteroatoms. The summed E-state index contributed by atoms with van der Waals surface area (Å²) in [6.07, 6.45) is 0.402. The molecule has 0 spiro atoms. The zero-order valence-corrected chi connectivity index (χ0v) is 19.2. The first-order chi connectivity index (χ1) is 16.0. The van der Waals surface area contributed by atoms with Gasteiger partial charge in [0.15, 0.2) is 0 Å². The Bertz CT molecular complexity index is 1280. The minimum Gasteiger partial charge on any atom is -0.507 e. The summed E-state index contributed by atoms with van der Waals surface area (Å²) in [6, 6.07) is 26.1. The summed E-state index contributed by atoms with van der Waals surface area (Å²) in [5, 5.41) is 14.8. The number of halogens is 1. The second kappa shape index (κ2) is 9.80. The molecule has 0 fully saturated rings. The second-order valence-electron chi connectivity index (χ2n) is 7.81. The Labute approximate surface area is 198 Å². The fourth-order valence-corrected chi connectivity index (χ4v) is 3.90. The van der Waals surface area contributed by atoms with E-state index in [1.165, 1.54) is 0 Å². The Morgan fingerprint density at radius 3 is 2.27 bits per heavy atom. The van der Waals surface area contributed by atoms with Crippen molar-refractivity contribution in [2.24, 2.45) is 0 Å². The van der Waals surface area contributed by atoms with Crippen molar-refractivity contribution in [1.82, 2.24) is 0 Å². The fourth-order valence-electron chi connectivity index (χ4n) is 3.70. The van der Waals surface area contributed by atoms with Gasteiger partial charge in [-0.15, -0.1) is 0 Å². The monoisotopic (exact) mass is 457 g/mol. The number of aryl methyl sites for hydroxylation is 1. The van der Waals surface area contributed by atoms with E-state index in [4.69, 9.17) is 16.3 Å². The van der Waals surface area contributed by atoms with Crippen molar-refractivity contribution in [3.63, 3.8) is 0 Å². The van der Waals surface area contributed by atoms with Crippen LogP contribution in [-0.4, -0.2) is 18.1 Å². The smallest absolute Gasteiger partial charge is 0.260 e. The molecule has 166 valence electrons. The van der Waals surface area contributed by atoms with E-state index in [1.807, 2.05) is 91.9 Å². The van der Waals surface area contributed by atoms with Gasteiger partial charge in [-0.25, -0.2) is 0 Å². The van der Waals surface area contributed by atoms with Gasteiger partial charge in [-0.2, -0.15) is 0 Å². The van der Waals surface area contributed by atoms with Gasteiger partial charge in [0.05, 0.1) is 12.7 Å². The molecule has 0 aliphatic rings. The van der Waals surface area contributed by atoms with E-state index >= 15 is 0 Å². The molecule has 0 aromatic heterocycles. The Kier molecular flexibility index (Phi) is 6.66. The Hall–Kier alpha value is -3.76. The quantitative estimate of drug-likeness (QED) is 0.332. The molecule has 2 N–H and O–H groups in total. The standard InChI is InChI=1S/C28H24ClNO3/c1-18-7-12-22(13-8-18)30-28(32)26-24(19-9-14-23(33-2)15-10-19)16-11-21(27(26)31)17-20-5-3-4-6-25(20)29/h3-16,31H,17H2,1-2H3,(H,30,32). The third kappa shape index (κ3) is 5.02. The topological polar surface area (TPSA) is 58.6 Å². The Morgan fingerprint density at radius 2 is 1.61 bits per heavy atom. The van der Waals surface area contributed by atoms with E-state index in [9.17, 15) is 9.90 Å². The van der Waals surface area contributed by atoms with Gasteiger partial charge in [0.2, 0.25) is 0 Å². The predicted molar refractivity (Wildman–Crippen MR) is 133 cm³/mol. The van der Waals surface area contributed by atoms with Crippen molar-refractivity contribution in [3.8, 4) is 22.6 Å². The highest BCUT2D eigenvalue weighted by Crippen LogP contribution is 2.36. The number of nitrogens with one attached hydrogen (secondary N) is 1. The first-order valence-electron chi connectivity index (χ1n) is 10.6. The molecular weight excluding hydrogens is 434 g/mol. The molecule has 0 bridgehead atoms. The normalized spacial score (nSPS) is 10.6. The zero-order valence-electron chi connectivity index (χ0n) is 18.4. The van der Waals surface area contributed by atoms with Gasteiger partial charge in [-0.1, -0.05) is 71.8 Å². The number of phenols is 1. The summed E-state index contributed by atoms with van der Waals surface area (Å²) in [6.45, 7) is 1.98. The average Bonchev–Trinajstić information content (AvgIpc) is 2.83. The van der Waals surface area contributed by atoms with E-state index in [1.54, 1.807) is 7.11 Å². The first-order valence-corrected chi connectivity index (χ1v) is 10.9. The largest absolute Gasteiger partial charge is 0.507 e. The number of phenolic OH excluding ortho intramolecular Hbond substituents is 1. The number of hydrogen-bond donors (Lipinski definition) is 2. The molecule has 33 heavy (non-hydrogen) atoms. The van der Waals surface area contributed by atoms with Crippen LogP contribution >= 0.6 is 11.6 Å². The first kappa shape index (κ1) is 22.4. The lowest BCUT2D eigenvalue weighted by Gasteiger charge is -2.16. The van der Waals surface area contributed by atoms with Crippen LogP contribution in [0.3, 0.4) is 0 Å². The van der Waals surface area contributed by atoms with Crippen LogP contribution in [0.25, 0.3) is 11.1 Å². The predicted octanol–water partition coefficient (Wildman–Crippen LogP) is 6.87. The van der Waals surface area contributed by atoms with E-state index < -0.39 is 0 Å². The number of hydrogen-bond acceptors (Lipinski definition) is 3. The summed E-state index contributed by atoms with van der Waals surface area (Å²) < 4.78 is 5.25. The van der Waals surface area contributed by atoms with Crippen LogP contribution in [0.1, 0.15) is 27.0 Å². The number of benzene rings is 4. The number of rotatable bonds is 6. The van der Waals surface area contributed by atoms with Gasteiger partial charge >= 0.3 is 0 Å². The highest BCUT2D eigenvalue weighted by atomic mass is 35.5. The van der Waals surface area contributed by atoms with Gasteiger partial charge < -0.3 is 15.2 Å². The number of aromatic hydroxyl groups is 1. The molecule has 0 aliphatic heterocycles. The molecule has 0 heterocycles. The van der Waals surface area contributed by atoms with Gasteiger partial charge in [-0.3, -0.25) is 4.79 Å². The van der Waals surface area contributed by atoms with E-state index in [2.05, 4.69) is 5.32 Å². The van der Waals surface area contributed by atoms with Gasteiger partial charge in [0.1, 0.15) is 11.5 Å². The summed E-state index contributed by atoms with van der Waals surface area (Å²) >= 11 is 6.33. The van der Waals surface area contributed by atoms with Gasteiger partial charge in [-0.05, 0) is 59.5 Å². The van der Waals surface area contributed by atoms with Crippen LogP contribution < -0.4 is 10.1 Å². The maximum absolute atomic E-state index is 13.4. The second-order valence-corrected chi connectivity index (χ2v) is 8.22. The van der Waals surface area contributed by atoms with Crippen molar-refractivity contribution in [1.29, 1.82) is 0 Å². The lowest BCUT2D eigenvalue weighted by atomic mass is 9.93. The SMILES string of the molecule is COc1ccc(-c2ccc(Cc3ccccc3Cl)c(O)c2C(=O)Nc2ccc(C)cc2)cc1. The molecule has 4 nitrogen and oxygen atoms in total. The number of carbonyl (C=O) groups is 1. The number of anilines is 1. The number of methoxy groups -OCH3 is 1. The van der Waals surface area contributed by atoms with Crippen molar-refractivity contribution in [2.45, 2.75) is 13.3 Å². The molecule has 0 aliphatic carbocycles. The molecule has 0 unspecified atom stereocenters. The highest BCUT2D eigenvalue weighted by molar-refractivity contribution is 6.31. The van der Waals surface area contributed by atoms with Crippen molar-refractivity contribution in [3.05, 3.63) is 112 Å². The highest BCUT2D eigenvalue weighted by Gasteiger charge is 2.21. The molecule has 4 aromatic carbocycles.